The zero-order valence-corrected chi connectivity index (χ0v) is 18.3. The summed E-state index contributed by atoms with van der Waals surface area (Å²) in [6.45, 7) is 2.25. The van der Waals surface area contributed by atoms with Crippen molar-refractivity contribution in [1.82, 2.24) is 19.7 Å². The van der Waals surface area contributed by atoms with E-state index in [0.29, 0.717) is 34.9 Å². The van der Waals surface area contributed by atoms with E-state index in [9.17, 15) is 8.42 Å². The van der Waals surface area contributed by atoms with Crippen molar-refractivity contribution in [3.05, 3.63) is 49.2 Å². The Labute approximate surface area is 182 Å². The lowest BCUT2D eigenvalue weighted by Gasteiger charge is -2.26. The average Bonchev–Trinajstić information content (AvgIpc) is 3.29. The number of rotatable bonds is 7. The summed E-state index contributed by atoms with van der Waals surface area (Å²) in [5.74, 6) is 1.19. The fourth-order valence-corrected chi connectivity index (χ4v) is 4.65. The lowest BCUT2D eigenvalue weighted by Crippen LogP contribution is -2.28. The molecule has 1 aromatic carbocycles. The molecule has 164 valence electrons. The van der Waals surface area contributed by atoms with E-state index in [1.54, 1.807) is 48.3 Å². The van der Waals surface area contributed by atoms with E-state index in [0.717, 1.165) is 36.9 Å². The molecule has 0 bridgehead atoms. The fourth-order valence-electron chi connectivity index (χ4n) is 3.76. The van der Waals surface area contributed by atoms with Gasteiger partial charge < -0.3 is 10.5 Å². The Kier molecular flexibility index (Phi) is 6.33. The number of aromatic nitrogens is 4. The number of hydrogen-bond acceptors (Lipinski definition) is 7. The van der Waals surface area contributed by atoms with Gasteiger partial charge in [0.1, 0.15) is 12.0 Å². The van der Waals surface area contributed by atoms with Crippen molar-refractivity contribution in [3.63, 3.8) is 0 Å². The van der Waals surface area contributed by atoms with Crippen LogP contribution in [0.15, 0.2) is 54.1 Å². The molecule has 1 aliphatic rings. The molecule has 31 heavy (non-hydrogen) atoms. The number of nitrogens with zero attached hydrogens (tertiary/aromatic N) is 4. The van der Waals surface area contributed by atoms with Crippen LogP contribution in [0.1, 0.15) is 32.6 Å². The van der Waals surface area contributed by atoms with Gasteiger partial charge in [-0.1, -0.05) is 6.92 Å². The second-order valence-electron chi connectivity index (χ2n) is 7.90. The minimum atomic E-state index is -3.23. The Morgan fingerprint density at radius 2 is 1.87 bits per heavy atom. The maximum absolute atomic E-state index is 12.0. The monoisotopic (exact) mass is 441 g/mol. The molecule has 1 aliphatic carbocycles. The van der Waals surface area contributed by atoms with Crippen LogP contribution in [0.4, 0.5) is 0 Å². The van der Waals surface area contributed by atoms with Crippen molar-refractivity contribution in [2.45, 2.75) is 43.5 Å². The predicted molar refractivity (Wildman–Crippen MR) is 118 cm³/mol. The first kappa shape index (κ1) is 21.5. The second kappa shape index (κ2) is 9.15. The molecule has 0 radical (unpaired) electrons. The van der Waals surface area contributed by atoms with Gasteiger partial charge in [0.15, 0.2) is 15.6 Å². The highest BCUT2D eigenvalue weighted by Gasteiger charge is 2.20. The second-order valence-corrected chi connectivity index (χ2v) is 10.2. The van der Waals surface area contributed by atoms with E-state index < -0.39 is 9.84 Å². The molecule has 0 atom stereocenters. The summed E-state index contributed by atoms with van der Waals surface area (Å²) in [6, 6.07) is 7.00. The third kappa shape index (κ3) is 4.94. The van der Waals surface area contributed by atoms with E-state index in [1.807, 2.05) is 6.20 Å². The van der Waals surface area contributed by atoms with Crippen molar-refractivity contribution in [3.8, 4) is 22.7 Å². The first-order chi connectivity index (χ1) is 15.0. The van der Waals surface area contributed by atoms with E-state index >= 15 is 0 Å². The number of nitrogens with two attached hydrogens (primary N) is 1. The highest BCUT2D eigenvalue weighted by molar-refractivity contribution is 7.91. The maximum Gasteiger partial charge on any atom is 0.178 e. The van der Waals surface area contributed by atoms with Crippen LogP contribution in [0, 0.1) is 5.92 Å². The lowest BCUT2D eigenvalue weighted by molar-refractivity contribution is 0.200. The van der Waals surface area contributed by atoms with Gasteiger partial charge in [-0.15, -0.1) is 0 Å². The van der Waals surface area contributed by atoms with Crippen LogP contribution in [0.3, 0.4) is 0 Å². The van der Waals surface area contributed by atoms with Crippen LogP contribution in [-0.4, -0.2) is 46.6 Å². The molecule has 1 saturated carbocycles. The van der Waals surface area contributed by atoms with Crippen LogP contribution < -0.4 is 10.5 Å². The molecule has 4 rings (SSSR count). The third-order valence-corrected chi connectivity index (χ3v) is 7.49. The summed E-state index contributed by atoms with van der Waals surface area (Å²) in [5, 5.41) is 4.41. The largest absolute Gasteiger partial charge is 0.489 e. The van der Waals surface area contributed by atoms with Crippen molar-refractivity contribution < 1.29 is 13.2 Å². The standard InChI is InChI=1S/C22H27N5O3S/c1-2-31(28,29)20-9-7-19(8-10-20)27-13-17(11-26-27)22-21(12-24-15-25-22)30-14-16-3-5-18(23)6-4-16/h7-13,15-16,18H,2-6,14,23H2,1H3/t16-,18+. The van der Waals surface area contributed by atoms with Gasteiger partial charge >= 0.3 is 0 Å². The topological polar surface area (TPSA) is 113 Å². The van der Waals surface area contributed by atoms with Gasteiger partial charge in [0, 0.05) is 17.8 Å². The zero-order chi connectivity index (χ0) is 21.8. The SMILES string of the molecule is CCS(=O)(=O)c1ccc(-n2cc(-c3ncncc3OC[C@H]3CC[C@@H](N)CC3)cn2)cc1. The van der Waals surface area contributed by atoms with Gasteiger partial charge in [-0.05, 0) is 55.9 Å². The highest BCUT2D eigenvalue weighted by Crippen LogP contribution is 2.29. The van der Waals surface area contributed by atoms with Crippen LogP contribution in [0.25, 0.3) is 16.9 Å². The van der Waals surface area contributed by atoms with Gasteiger partial charge in [0.25, 0.3) is 0 Å². The van der Waals surface area contributed by atoms with Gasteiger partial charge in [-0.2, -0.15) is 5.10 Å². The first-order valence-corrected chi connectivity index (χ1v) is 12.2. The van der Waals surface area contributed by atoms with Crippen molar-refractivity contribution in [2.75, 3.05) is 12.4 Å². The molecule has 0 aliphatic heterocycles. The number of hydrogen-bond donors (Lipinski definition) is 1. The lowest BCUT2D eigenvalue weighted by atomic mass is 9.87. The van der Waals surface area contributed by atoms with Crippen molar-refractivity contribution in [1.29, 1.82) is 0 Å². The first-order valence-electron chi connectivity index (χ1n) is 10.5. The molecule has 0 saturated heterocycles. The van der Waals surface area contributed by atoms with E-state index in [1.165, 1.54) is 6.33 Å². The summed E-state index contributed by atoms with van der Waals surface area (Å²) < 4.78 is 31.8. The predicted octanol–water partition coefficient (Wildman–Crippen LogP) is 3.02. The Morgan fingerprint density at radius 3 is 2.58 bits per heavy atom. The molecular formula is C22H27N5O3S. The molecule has 8 nitrogen and oxygen atoms in total. The molecule has 0 unspecified atom stereocenters. The van der Waals surface area contributed by atoms with Gasteiger partial charge in [0.05, 0.1) is 35.3 Å². The zero-order valence-electron chi connectivity index (χ0n) is 17.5. The third-order valence-electron chi connectivity index (χ3n) is 5.74. The van der Waals surface area contributed by atoms with E-state index in [-0.39, 0.29) is 5.75 Å². The Bertz CT molecular complexity index is 1120. The molecular weight excluding hydrogens is 414 g/mol. The summed E-state index contributed by atoms with van der Waals surface area (Å²) in [7, 11) is -3.23. The minimum Gasteiger partial charge on any atom is -0.489 e. The van der Waals surface area contributed by atoms with E-state index in [4.69, 9.17) is 10.5 Å². The Hall–Kier alpha value is -2.78. The van der Waals surface area contributed by atoms with Gasteiger partial charge in [-0.25, -0.2) is 23.1 Å². The molecule has 2 heterocycles. The molecule has 9 heteroatoms. The summed E-state index contributed by atoms with van der Waals surface area (Å²) >= 11 is 0. The van der Waals surface area contributed by atoms with Crippen LogP contribution in [0.5, 0.6) is 5.75 Å². The number of ether oxygens (including phenoxy) is 1. The quantitative estimate of drug-likeness (QED) is 0.599. The van der Waals surface area contributed by atoms with Gasteiger partial charge in [-0.3, -0.25) is 0 Å². The smallest absolute Gasteiger partial charge is 0.178 e. The van der Waals surface area contributed by atoms with Crippen molar-refractivity contribution >= 4 is 9.84 Å². The molecule has 0 amide bonds. The Balaban J connectivity index is 1.50. The fraction of sp³-hybridized carbons (Fsp3) is 0.409. The van der Waals surface area contributed by atoms with Crippen LogP contribution in [-0.2, 0) is 9.84 Å². The highest BCUT2D eigenvalue weighted by atomic mass is 32.2. The van der Waals surface area contributed by atoms with Crippen LogP contribution >= 0.6 is 0 Å². The summed E-state index contributed by atoms with van der Waals surface area (Å²) in [6.07, 6.45) is 11.0. The number of benzene rings is 1. The van der Waals surface area contributed by atoms with Gasteiger partial charge in [0.2, 0.25) is 0 Å². The molecule has 3 aromatic rings. The van der Waals surface area contributed by atoms with Crippen LogP contribution in [0.2, 0.25) is 0 Å². The van der Waals surface area contributed by atoms with E-state index in [2.05, 4.69) is 15.1 Å². The average molecular weight is 442 g/mol. The molecule has 0 spiro atoms. The number of sulfone groups is 1. The summed E-state index contributed by atoms with van der Waals surface area (Å²) in [4.78, 5) is 8.82. The minimum absolute atomic E-state index is 0.0718. The molecule has 2 N–H and O–H groups in total. The van der Waals surface area contributed by atoms with Crippen molar-refractivity contribution in [2.24, 2.45) is 11.7 Å². The maximum atomic E-state index is 12.0. The Morgan fingerprint density at radius 1 is 1.13 bits per heavy atom. The molecule has 1 fully saturated rings. The summed E-state index contributed by atoms with van der Waals surface area (Å²) in [5.41, 5.74) is 8.23. The molecule has 2 aromatic heterocycles. The normalized spacial score (nSPS) is 19.3.